The van der Waals surface area contributed by atoms with E-state index in [9.17, 15) is 0 Å². The van der Waals surface area contributed by atoms with Crippen LogP contribution in [0.4, 0.5) is 0 Å². The number of halogens is 1. The van der Waals surface area contributed by atoms with Crippen LogP contribution in [0.15, 0.2) is 84.9 Å². The first kappa shape index (κ1) is 14.9. The number of rotatable bonds is 4. The van der Waals surface area contributed by atoms with Gasteiger partial charge in [-0.3, -0.25) is 0 Å². The molecule has 2 heteroatoms. The summed E-state index contributed by atoms with van der Waals surface area (Å²) in [5, 5.41) is 0. The van der Waals surface area contributed by atoms with Gasteiger partial charge in [-0.25, -0.2) is 0 Å². The first-order valence-corrected chi connectivity index (χ1v) is 7.99. The minimum Gasteiger partial charge on any atom is -0.497 e. The summed E-state index contributed by atoms with van der Waals surface area (Å²) in [5.41, 5.74) is 3.57. The van der Waals surface area contributed by atoms with Gasteiger partial charge in [-0.1, -0.05) is 88.7 Å². The summed E-state index contributed by atoms with van der Waals surface area (Å²) in [6.45, 7) is 0. The van der Waals surface area contributed by atoms with Gasteiger partial charge in [0.25, 0.3) is 0 Å². The molecule has 0 spiro atoms. The minimum absolute atomic E-state index is 0.373. The third-order valence-corrected chi connectivity index (χ3v) is 5.20. The SMILES string of the molecule is COc1ccc(C(Br)(c2ccccc2)c2ccccc2)cc1. The summed E-state index contributed by atoms with van der Waals surface area (Å²) in [6.07, 6.45) is 0. The molecule has 0 saturated carbocycles. The van der Waals surface area contributed by atoms with Crippen molar-refractivity contribution < 1.29 is 4.74 Å². The highest BCUT2D eigenvalue weighted by molar-refractivity contribution is 9.10. The third-order valence-electron chi connectivity index (χ3n) is 3.83. The van der Waals surface area contributed by atoms with Gasteiger partial charge in [0.05, 0.1) is 7.11 Å². The summed E-state index contributed by atoms with van der Waals surface area (Å²) in [5.74, 6) is 0.861. The molecule has 3 aromatic rings. The predicted octanol–water partition coefficient (Wildman–Crippen LogP) is 5.38. The van der Waals surface area contributed by atoms with E-state index >= 15 is 0 Å². The van der Waals surface area contributed by atoms with Crippen molar-refractivity contribution in [2.24, 2.45) is 0 Å². The lowest BCUT2D eigenvalue weighted by molar-refractivity contribution is 0.414. The van der Waals surface area contributed by atoms with Gasteiger partial charge in [0.15, 0.2) is 0 Å². The molecule has 0 radical (unpaired) electrons. The van der Waals surface area contributed by atoms with Crippen LogP contribution in [-0.4, -0.2) is 7.11 Å². The molecular weight excluding hydrogens is 336 g/mol. The standard InChI is InChI=1S/C20H17BrO/c1-22-19-14-12-18(13-15-19)20(21,16-8-4-2-5-9-16)17-10-6-3-7-11-17/h2-15H,1H3. The van der Waals surface area contributed by atoms with Gasteiger partial charge in [0.2, 0.25) is 0 Å². The first-order valence-electron chi connectivity index (χ1n) is 7.19. The van der Waals surface area contributed by atoms with Gasteiger partial charge in [0, 0.05) is 0 Å². The molecule has 0 N–H and O–H groups in total. The van der Waals surface area contributed by atoms with E-state index in [1.54, 1.807) is 7.11 Å². The Hall–Kier alpha value is -2.06. The quantitative estimate of drug-likeness (QED) is 0.452. The number of benzene rings is 3. The van der Waals surface area contributed by atoms with Crippen molar-refractivity contribution in [3.63, 3.8) is 0 Å². The van der Waals surface area contributed by atoms with Crippen LogP contribution in [0.3, 0.4) is 0 Å². The van der Waals surface area contributed by atoms with Gasteiger partial charge >= 0.3 is 0 Å². The summed E-state index contributed by atoms with van der Waals surface area (Å²) in [6, 6.07) is 29.1. The van der Waals surface area contributed by atoms with Crippen LogP contribution in [-0.2, 0) is 4.32 Å². The van der Waals surface area contributed by atoms with Crippen LogP contribution in [0.25, 0.3) is 0 Å². The second-order valence-electron chi connectivity index (χ2n) is 5.12. The number of hydrogen-bond donors (Lipinski definition) is 0. The zero-order valence-corrected chi connectivity index (χ0v) is 14.0. The summed E-state index contributed by atoms with van der Waals surface area (Å²) in [4.78, 5) is 0. The first-order chi connectivity index (χ1) is 10.7. The molecule has 0 aliphatic rings. The highest BCUT2D eigenvalue weighted by atomic mass is 79.9. The summed E-state index contributed by atoms with van der Waals surface area (Å²) >= 11 is 4.02. The van der Waals surface area contributed by atoms with E-state index in [2.05, 4.69) is 76.6 Å². The van der Waals surface area contributed by atoms with E-state index in [-0.39, 0.29) is 4.32 Å². The van der Waals surface area contributed by atoms with Gasteiger partial charge in [-0.05, 0) is 28.8 Å². The minimum atomic E-state index is -0.373. The van der Waals surface area contributed by atoms with Crippen molar-refractivity contribution in [2.45, 2.75) is 4.32 Å². The van der Waals surface area contributed by atoms with E-state index in [4.69, 9.17) is 4.74 Å². The Labute approximate surface area is 139 Å². The van der Waals surface area contributed by atoms with Crippen molar-refractivity contribution in [3.05, 3.63) is 102 Å². The van der Waals surface area contributed by atoms with Crippen LogP contribution < -0.4 is 4.74 Å². The van der Waals surface area contributed by atoms with Crippen LogP contribution >= 0.6 is 15.9 Å². The molecule has 0 saturated heterocycles. The largest absolute Gasteiger partial charge is 0.497 e. The van der Waals surface area contributed by atoms with Crippen LogP contribution in [0.1, 0.15) is 16.7 Å². The molecule has 0 atom stereocenters. The second kappa shape index (κ2) is 6.37. The zero-order chi connectivity index (χ0) is 15.4. The second-order valence-corrected chi connectivity index (χ2v) is 6.31. The molecule has 0 aromatic heterocycles. The summed E-state index contributed by atoms with van der Waals surface area (Å²) in [7, 11) is 1.69. The molecule has 1 nitrogen and oxygen atoms in total. The molecule has 0 bridgehead atoms. The predicted molar refractivity (Wildman–Crippen MR) is 94.7 cm³/mol. The third kappa shape index (κ3) is 2.67. The maximum absolute atomic E-state index is 5.28. The maximum atomic E-state index is 5.28. The van der Waals surface area contributed by atoms with Crippen LogP contribution in [0.2, 0.25) is 0 Å². The summed E-state index contributed by atoms with van der Waals surface area (Å²) < 4.78 is 4.90. The molecule has 0 amide bonds. The Morgan fingerprint density at radius 2 is 1.05 bits per heavy atom. The fourth-order valence-corrected chi connectivity index (χ4v) is 3.45. The van der Waals surface area contributed by atoms with Crippen molar-refractivity contribution in [3.8, 4) is 5.75 Å². The zero-order valence-electron chi connectivity index (χ0n) is 12.4. The smallest absolute Gasteiger partial charge is 0.118 e. The van der Waals surface area contributed by atoms with Crippen LogP contribution in [0, 0.1) is 0 Å². The molecule has 0 unspecified atom stereocenters. The monoisotopic (exact) mass is 352 g/mol. The van der Waals surface area contributed by atoms with Crippen LogP contribution in [0.5, 0.6) is 5.75 Å². The van der Waals surface area contributed by atoms with Gasteiger partial charge in [-0.15, -0.1) is 0 Å². The Kier molecular flexibility index (Phi) is 4.30. The highest BCUT2D eigenvalue weighted by Gasteiger charge is 2.33. The molecule has 0 aliphatic carbocycles. The van der Waals surface area contributed by atoms with Crippen molar-refractivity contribution in [1.29, 1.82) is 0 Å². The van der Waals surface area contributed by atoms with E-state index in [0.29, 0.717) is 0 Å². The molecule has 0 heterocycles. The highest BCUT2D eigenvalue weighted by Crippen LogP contribution is 2.44. The van der Waals surface area contributed by atoms with E-state index in [0.717, 1.165) is 5.75 Å². The fourth-order valence-electron chi connectivity index (χ4n) is 2.66. The average Bonchev–Trinajstić information content (AvgIpc) is 2.62. The van der Waals surface area contributed by atoms with Crippen molar-refractivity contribution >= 4 is 15.9 Å². The van der Waals surface area contributed by atoms with Gasteiger partial charge < -0.3 is 4.74 Å². The molecule has 0 aliphatic heterocycles. The fraction of sp³-hybridized carbons (Fsp3) is 0.100. The lowest BCUT2D eigenvalue weighted by atomic mass is 9.85. The average molecular weight is 353 g/mol. The van der Waals surface area contributed by atoms with Crippen molar-refractivity contribution in [2.75, 3.05) is 7.11 Å². The maximum Gasteiger partial charge on any atom is 0.118 e. The normalized spacial score (nSPS) is 11.2. The Morgan fingerprint density at radius 3 is 1.45 bits per heavy atom. The Balaban J connectivity index is 2.18. The number of hydrogen-bond acceptors (Lipinski definition) is 1. The van der Waals surface area contributed by atoms with E-state index in [1.807, 2.05) is 24.3 Å². The Morgan fingerprint density at radius 1 is 0.636 bits per heavy atom. The molecule has 110 valence electrons. The van der Waals surface area contributed by atoms with Crippen molar-refractivity contribution in [1.82, 2.24) is 0 Å². The topological polar surface area (TPSA) is 9.23 Å². The number of ether oxygens (including phenoxy) is 1. The molecular formula is C20H17BrO. The number of alkyl halides is 1. The Bertz CT molecular complexity index is 681. The lowest BCUT2D eigenvalue weighted by Gasteiger charge is -2.29. The van der Waals surface area contributed by atoms with Gasteiger partial charge in [-0.2, -0.15) is 0 Å². The van der Waals surface area contributed by atoms with Gasteiger partial charge in [0.1, 0.15) is 10.1 Å². The lowest BCUT2D eigenvalue weighted by Crippen LogP contribution is -2.21. The molecule has 22 heavy (non-hydrogen) atoms. The molecule has 0 fully saturated rings. The van der Waals surface area contributed by atoms with E-state index < -0.39 is 0 Å². The molecule has 3 aromatic carbocycles. The number of methoxy groups -OCH3 is 1. The molecule has 3 rings (SSSR count). The van der Waals surface area contributed by atoms with E-state index in [1.165, 1.54) is 16.7 Å².